The van der Waals surface area contributed by atoms with Gasteiger partial charge in [0.05, 0.1) is 25.0 Å². The minimum absolute atomic E-state index is 0.177. The minimum Gasteiger partial charge on any atom is -0.465 e. The lowest BCUT2D eigenvalue weighted by atomic mass is 9.79. The summed E-state index contributed by atoms with van der Waals surface area (Å²) in [5, 5.41) is 0. The maximum atomic E-state index is 12.7. The fourth-order valence-electron chi connectivity index (χ4n) is 5.21. The largest absolute Gasteiger partial charge is 0.465 e. The van der Waals surface area contributed by atoms with E-state index in [4.69, 9.17) is 9.47 Å². The van der Waals surface area contributed by atoms with Gasteiger partial charge >= 0.3 is 11.9 Å². The van der Waals surface area contributed by atoms with Crippen LogP contribution in [0.25, 0.3) is 0 Å². The number of rotatable bonds is 22. The average molecular weight is 495 g/mol. The molecule has 4 heteroatoms. The van der Waals surface area contributed by atoms with Crippen molar-refractivity contribution in [2.45, 2.75) is 156 Å². The Balaban J connectivity index is 2.10. The molecule has 0 aliphatic heterocycles. The van der Waals surface area contributed by atoms with Crippen molar-refractivity contribution < 1.29 is 19.1 Å². The molecule has 0 saturated heterocycles. The summed E-state index contributed by atoms with van der Waals surface area (Å²) in [6.45, 7) is 7.78. The Labute approximate surface area is 217 Å². The Morgan fingerprint density at radius 1 is 0.600 bits per heavy atom. The van der Waals surface area contributed by atoms with E-state index < -0.39 is 0 Å². The topological polar surface area (TPSA) is 52.6 Å². The van der Waals surface area contributed by atoms with Crippen LogP contribution in [0, 0.1) is 17.8 Å². The number of ether oxygens (including phenoxy) is 2. The highest BCUT2D eigenvalue weighted by atomic mass is 16.5. The second-order valence-corrected chi connectivity index (χ2v) is 11.3. The molecule has 0 aromatic heterocycles. The third-order valence-electron chi connectivity index (χ3n) is 7.53. The molecule has 0 spiro atoms. The van der Waals surface area contributed by atoms with Gasteiger partial charge in [-0.1, -0.05) is 130 Å². The molecule has 1 fully saturated rings. The van der Waals surface area contributed by atoms with Crippen molar-refractivity contribution in [1.29, 1.82) is 0 Å². The summed E-state index contributed by atoms with van der Waals surface area (Å²) in [5.41, 5.74) is 0. The zero-order chi connectivity index (χ0) is 25.6. The SMILES string of the molecule is CCCCCCCCCCCCCOC(=O)C1CCCCC1C(=O)OCCCCCCCC(C)C. The highest BCUT2D eigenvalue weighted by Crippen LogP contribution is 2.32. The van der Waals surface area contributed by atoms with Crippen LogP contribution in [0.5, 0.6) is 0 Å². The molecule has 1 rings (SSSR count). The summed E-state index contributed by atoms with van der Waals surface area (Å²) in [5.74, 6) is -0.185. The van der Waals surface area contributed by atoms with E-state index in [1.807, 2.05) is 0 Å². The average Bonchev–Trinajstić information content (AvgIpc) is 2.85. The van der Waals surface area contributed by atoms with Crippen LogP contribution in [0.4, 0.5) is 0 Å². The molecular weight excluding hydrogens is 436 g/mol. The molecule has 0 amide bonds. The molecule has 2 atom stereocenters. The fourth-order valence-corrected chi connectivity index (χ4v) is 5.21. The quantitative estimate of drug-likeness (QED) is 0.111. The van der Waals surface area contributed by atoms with Crippen LogP contribution in [0.1, 0.15) is 156 Å². The predicted octanol–water partition coefficient (Wildman–Crippen LogP) is 9.19. The number of esters is 2. The molecule has 1 aliphatic carbocycles. The zero-order valence-electron chi connectivity index (χ0n) is 23.6. The maximum Gasteiger partial charge on any atom is 0.309 e. The Kier molecular flexibility index (Phi) is 20.2. The normalized spacial score (nSPS) is 18.1. The van der Waals surface area contributed by atoms with Crippen molar-refractivity contribution in [1.82, 2.24) is 0 Å². The van der Waals surface area contributed by atoms with Gasteiger partial charge in [-0.2, -0.15) is 0 Å². The number of carbonyl (C=O) groups is 2. The summed E-state index contributed by atoms with van der Waals surface area (Å²) in [4.78, 5) is 25.4. The first-order valence-electron chi connectivity index (χ1n) is 15.4. The summed E-state index contributed by atoms with van der Waals surface area (Å²) in [6, 6.07) is 0. The standard InChI is InChI=1S/C31H58O4/c1-4-5-6-7-8-9-10-11-12-15-20-25-34-30(32)28-23-18-19-24-29(28)31(33)35-26-21-16-13-14-17-22-27(2)3/h27-29H,4-26H2,1-3H3. The van der Waals surface area contributed by atoms with Crippen LogP contribution in [-0.4, -0.2) is 25.2 Å². The molecule has 0 aromatic rings. The smallest absolute Gasteiger partial charge is 0.309 e. The zero-order valence-corrected chi connectivity index (χ0v) is 23.6. The van der Waals surface area contributed by atoms with Crippen LogP contribution < -0.4 is 0 Å². The van der Waals surface area contributed by atoms with Gasteiger partial charge < -0.3 is 9.47 Å². The number of hydrogen-bond donors (Lipinski definition) is 0. The van der Waals surface area contributed by atoms with E-state index in [0.29, 0.717) is 13.2 Å². The molecule has 1 saturated carbocycles. The molecular formula is C31H58O4. The number of hydrogen-bond acceptors (Lipinski definition) is 4. The molecule has 0 bridgehead atoms. The van der Waals surface area contributed by atoms with Gasteiger partial charge in [0.25, 0.3) is 0 Å². The Bertz CT molecular complexity index is 516. The Hall–Kier alpha value is -1.06. The van der Waals surface area contributed by atoms with E-state index in [-0.39, 0.29) is 23.8 Å². The van der Waals surface area contributed by atoms with Crippen molar-refractivity contribution in [3.8, 4) is 0 Å². The van der Waals surface area contributed by atoms with E-state index in [2.05, 4.69) is 20.8 Å². The second-order valence-electron chi connectivity index (χ2n) is 11.3. The highest BCUT2D eigenvalue weighted by molar-refractivity contribution is 5.82. The molecule has 4 nitrogen and oxygen atoms in total. The second kappa shape index (κ2) is 22.2. The maximum absolute atomic E-state index is 12.7. The summed E-state index contributed by atoms with van der Waals surface area (Å²) >= 11 is 0. The first kappa shape index (κ1) is 32.0. The van der Waals surface area contributed by atoms with Crippen LogP contribution >= 0.6 is 0 Å². The lowest BCUT2D eigenvalue weighted by Crippen LogP contribution is -2.35. The Morgan fingerprint density at radius 2 is 0.971 bits per heavy atom. The molecule has 206 valence electrons. The number of carbonyl (C=O) groups excluding carboxylic acids is 2. The van der Waals surface area contributed by atoms with Gasteiger partial charge in [0.1, 0.15) is 0 Å². The summed E-state index contributed by atoms with van der Waals surface area (Å²) in [7, 11) is 0. The van der Waals surface area contributed by atoms with Crippen LogP contribution in [-0.2, 0) is 19.1 Å². The van der Waals surface area contributed by atoms with E-state index in [9.17, 15) is 9.59 Å². The van der Waals surface area contributed by atoms with E-state index in [0.717, 1.165) is 57.3 Å². The van der Waals surface area contributed by atoms with Crippen molar-refractivity contribution in [2.24, 2.45) is 17.8 Å². The van der Waals surface area contributed by atoms with Crippen molar-refractivity contribution in [3.05, 3.63) is 0 Å². The third kappa shape index (κ3) is 17.1. The lowest BCUT2D eigenvalue weighted by molar-refractivity contribution is -0.163. The van der Waals surface area contributed by atoms with Crippen molar-refractivity contribution in [2.75, 3.05) is 13.2 Å². The number of unbranched alkanes of at least 4 members (excludes halogenated alkanes) is 14. The molecule has 2 unspecified atom stereocenters. The first-order valence-corrected chi connectivity index (χ1v) is 15.4. The Morgan fingerprint density at radius 3 is 1.37 bits per heavy atom. The molecule has 0 heterocycles. The van der Waals surface area contributed by atoms with E-state index in [1.165, 1.54) is 83.5 Å². The van der Waals surface area contributed by atoms with E-state index >= 15 is 0 Å². The summed E-state index contributed by atoms with van der Waals surface area (Å²) in [6.07, 6.45) is 24.7. The molecule has 0 aromatic carbocycles. The lowest BCUT2D eigenvalue weighted by Gasteiger charge is -2.28. The van der Waals surface area contributed by atoms with Gasteiger partial charge in [0.2, 0.25) is 0 Å². The molecule has 0 N–H and O–H groups in total. The third-order valence-corrected chi connectivity index (χ3v) is 7.53. The van der Waals surface area contributed by atoms with Gasteiger partial charge in [-0.15, -0.1) is 0 Å². The van der Waals surface area contributed by atoms with E-state index in [1.54, 1.807) is 0 Å². The van der Waals surface area contributed by atoms with Gasteiger partial charge in [0.15, 0.2) is 0 Å². The van der Waals surface area contributed by atoms with Gasteiger partial charge in [-0.25, -0.2) is 0 Å². The van der Waals surface area contributed by atoms with Crippen LogP contribution in [0.15, 0.2) is 0 Å². The predicted molar refractivity (Wildman–Crippen MR) is 146 cm³/mol. The summed E-state index contributed by atoms with van der Waals surface area (Å²) < 4.78 is 11.2. The molecule has 35 heavy (non-hydrogen) atoms. The highest BCUT2D eigenvalue weighted by Gasteiger charge is 2.37. The van der Waals surface area contributed by atoms with Gasteiger partial charge in [0, 0.05) is 0 Å². The molecule has 0 radical (unpaired) electrons. The first-order chi connectivity index (χ1) is 17.1. The fraction of sp³-hybridized carbons (Fsp3) is 0.935. The monoisotopic (exact) mass is 494 g/mol. The van der Waals surface area contributed by atoms with Crippen LogP contribution in [0.2, 0.25) is 0 Å². The van der Waals surface area contributed by atoms with Gasteiger partial charge in [-0.3, -0.25) is 9.59 Å². The van der Waals surface area contributed by atoms with Crippen molar-refractivity contribution in [3.63, 3.8) is 0 Å². The van der Waals surface area contributed by atoms with Gasteiger partial charge in [-0.05, 0) is 31.6 Å². The molecule has 1 aliphatic rings. The van der Waals surface area contributed by atoms with Crippen molar-refractivity contribution >= 4 is 11.9 Å². The van der Waals surface area contributed by atoms with Crippen LogP contribution in [0.3, 0.4) is 0 Å². The minimum atomic E-state index is -0.306.